The van der Waals surface area contributed by atoms with E-state index < -0.39 is 11.6 Å². The van der Waals surface area contributed by atoms with E-state index in [1.54, 1.807) is 6.07 Å². The summed E-state index contributed by atoms with van der Waals surface area (Å²) in [5, 5.41) is 10.3. The molecule has 1 aromatic heterocycles. The van der Waals surface area contributed by atoms with Gasteiger partial charge in [0.05, 0.1) is 5.69 Å². The maximum absolute atomic E-state index is 13.7. The van der Waals surface area contributed by atoms with E-state index in [0.717, 1.165) is 50.6 Å². The highest BCUT2D eigenvalue weighted by Gasteiger charge is 2.15. The van der Waals surface area contributed by atoms with Gasteiger partial charge >= 0.3 is 0 Å². The minimum Gasteiger partial charge on any atom is -0.354 e. The van der Waals surface area contributed by atoms with Crippen molar-refractivity contribution in [3.8, 4) is 11.3 Å². The zero-order chi connectivity index (χ0) is 13.9. The Balaban J connectivity index is 1.87. The molecule has 0 aliphatic carbocycles. The van der Waals surface area contributed by atoms with Crippen LogP contribution in [0.1, 0.15) is 6.42 Å². The van der Waals surface area contributed by atoms with Crippen molar-refractivity contribution in [2.24, 2.45) is 0 Å². The summed E-state index contributed by atoms with van der Waals surface area (Å²) >= 11 is 0. The molecule has 1 aromatic carbocycles. The topological polar surface area (TPSA) is 44.0 Å². The Hall–Kier alpha value is -1.95. The monoisotopic (exact) mass is 278 g/mol. The lowest BCUT2D eigenvalue weighted by atomic mass is 10.1. The number of anilines is 1. The van der Waals surface area contributed by atoms with Gasteiger partial charge < -0.3 is 10.2 Å². The van der Waals surface area contributed by atoms with Crippen molar-refractivity contribution in [1.29, 1.82) is 0 Å². The predicted molar refractivity (Wildman–Crippen MR) is 73.6 cm³/mol. The summed E-state index contributed by atoms with van der Waals surface area (Å²) in [6.45, 7) is 3.65. The van der Waals surface area contributed by atoms with Gasteiger partial charge in [-0.15, -0.1) is 0 Å². The van der Waals surface area contributed by atoms with Crippen molar-refractivity contribution >= 4 is 5.82 Å². The number of halogens is 2. The van der Waals surface area contributed by atoms with Crippen LogP contribution in [0.25, 0.3) is 11.3 Å². The number of rotatable bonds is 2. The average molecular weight is 278 g/mol. The molecule has 0 atom stereocenters. The molecule has 1 fully saturated rings. The Morgan fingerprint density at radius 1 is 1.10 bits per heavy atom. The Morgan fingerprint density at radius 3 is 2.90 bits per heavy atom. The molecular weight excluding hydrogens is 262 g/mol. The third kappa shape index (κ3) is 2.65. The second-order valence-electron chi connectivity index (χ2n) is 4.85. The van der Waals surface area contributed by atoms with Crippen molar-refractivity contribution in [1.82, 2.24) is 15.5 Å². The van der Waals surface area contributed by atoms with Crippen LogP contribution in [0.4, 0.5) is 14.6 Å². The molecule has 3 rings (SSSR count). The number of H-pyrrole nitrogens is 1. The number of benzene rings is 1. The first-order valence-electron chi connectivity index (χ1n) is 6.70. The fraction of sp³-hybridized carbons (Fsp3) is 0.357. The number of nitrogens with zero attached hydrogens (tertiary/aromatic N) is 2. The van der Waals surface area contributed by atoms with Gasteiger partial charge in [-0.2, -0.15) is 5.10 Å². The molecule has 2 N–H and O–H groups in total. The fourth-order valence-electron chi connectivity index (χ4n) is 2.39. The number of aromatic amines is 1. The summed E-state index contributed by atoms with van der Waals surface area (Å²) in [5.74, 6) is -0.150. The Bertz CT molecular complexity index is 589. The molecule has 106 valence electrons. The largest absolute Gasteiger partial charge is 0.354 e. The van der Waals surface area contributed by atoms with Crippen LogP contribution in [0.2, 0.25) is 0 Å². The van der Waals surface area contributed by atoms with E-state index in [1.165, 1.54) is 6.07 Å². The van der Waals surface area contributed by atoms with E-state index >= 15 is 0 Å². The maximum atomic E-state index is 13.7. The quantitative estimate of drug-likeness (QED) is 0.884. The lowest BCUT2D eigenvalue weighted by Gasteiger charge is -2.18. The van der Waals surface area contributed by atoms with E-state index in [2.05, 4.69) is 20.4 Å². The number of nitrogens with one attached hydrogen (secondary N) is 2. The molecule has 0 amide bonds. The Morgan fingerprint density at radius 2 is 2.00 bits per heavy atom. The van der Waals surface area contributed by atoms with Gasteiger partial charge in [-0.3, -0.25) is 5.10 Å². The van der Waals surface area contributed by atoms with E-state index in [1.807, 2.05) is 0 Å². The molecule has 6 heteroatoms. The van der Waals surface area contributed by atoms with Crippen LogP contribution in [0.5, 0.6) is 0 Å². The van der Waals surface area contributed by atoms with Gasteiger partial charge in [0.25, 0.3) is 0 Å². The summed E-state index contributed by atoms with van der Waals surface area (Å²) in [6.07, 6.45) is 1.04. The van der Waals surface area contributed by atoms with Crippen LogP contribution in [-0.4, -0.2) is 36.4 Å². The Labute approximate surface area is 115 Å². The minimum absolute atomic E-state index is 0.205. The summed E-state index contributed by atoms with van der Waals surface area (Å²) < 4.78 is 27.0. The SMILES string of the molecule is Fc1ccc(F)c(-c2cc(N3CCCNCC3)n[nH]2)c1. The molecule has 1 aliphatic rings. The Kier molecular flexibility index (Phi) is 3.64. The van der Waals surface area contributed by atoms with Crippen LogP contribution >= 0.6 is 0 Å². The molecule has 4 nitrogen and oxygen atoms in total. The molecule has 2 aromatic rings. The maximum Gasteiger partial charge on any atom is 0.151 e. The standard InChI is InChI=1S/C14H16F2N4/c15-10-2-3-12(16)11(8-10)13-9-14(19-18-13)20-6-1-4-17-5-7-20/h2-3,8-9,17H,1,4-7H2,(H,18,19). The molecule has 0 radical (unpaired) electrons. The highest BCUT2D eigenvalue weighted by Crippen LogP contribution is 2.25. The van der Waals surface area contributed by atoms with Gasteiger partial charge in [-0.25, -0.2) is 8.78 Å². The van der Waals surface area contributed by atoms with Crippen LogP contribution in [-0.2, 0) is 0 Å². The fourth-order valence-corrected chi connectivity index (χ4v) is 2.39. The molecule has 0 bridgehead atoms. The summed E-state index contributed by atoms with van der Waals surface area (Å²) in [7, 11) is 0. The third-order valence-corrected chi connectivity index (χ3v) is 3.45. The van der Waals surface area contributed by atoms with Crippen molar-refractivity contribution in [3.63, 3.8) is 0 Å². The summed E-state index contributed by atoms with van der Waals surface area (Å²) in [5.41, 5.74) is 0.700. The van der Waals surface area contributed by atoms with E-state index in [9.17, 15) is 8.78 Å². The molecule has 20 heavy (non-hydrogen) atoms. The second-order valence-corrected chi connectivity index (χ2v) is 4.85. The van der Waals surface area contributed by atoms with Crippen LogP contribution in [0.3, 0.4) is 0 Å². The van der Waals surface area contributed by atoms with Gasteiger partial charge in [0.2, 0.25) is 0 Å². The molecular formula is C14H16F2N4. The van der Waals surface area contributed by atoms with Crippen molar-refractivity contribution < 1.29 is 8.78 Å². The molecule has 0 saturated carbocycles. The average Bonchev–Trinajstić information content (AvgIpc) is 2.77. The minimum atomic E-state index is -0.462. The first-order chi connectivity index (χ1) is 9.74. The number of hydrogen-bond acceptors (Lipinski definition) is 3. The van der Waals surface area contributed by atoms with Crippen LogP contribution < -0.4 is 10.2 Å². The van der Waals surface area contributed by atoms with Gasteiger partial charge in [-0.1, -0.05) is 0 Å². The molecule has 0 unspecified atom stereocenters. The van der Waals surface area contributed by atoms with Gasteiger partial charge in [-0.05, 0) is 31.2 Å². The summed E-state index contributed by atoms with van der Waals surface area (Å²) in [4.78, 5) is 2.14. The molecule has 1 aliphatic heterocycles. The van der Waals surface area contributed by atoms with E-state index in [4.69, 9.17) is 0 Å². The zero-order valence-corrected chi connectivity index (χ0v) is 11.0. The number of hydrogen-bond donors (Lipinski definition) is 2. The van der Waals surface area contributed by atoms with Crippen molar-refractivity contribution in [3.05, 3.63) is 35.9 Å². The third-order valence-electron chi connectivity index (χ3n) is 3.45. The van der Waals surface area contributed by atoms with Crippen molar-refractivity contribution in [2.75, 3.05) is 31.1 Å². The zero-order valence-electron chi connectivity index (χ0n) is 11.0. The molecule has 1 saturated heterocycles. The van der Waals surface area contributed by atoms with Crippen LogP contribution in [0, 0.1) is 11.6 Å². The van der Waals surface area contributed by atoms with Gasteiger partial charge in [0.15, 0.2) is 5.82 Å². The first kappa shape index (κ1) is 13.1. The first-order valence-corrected chi connectivity index (χ1v) is 6.70. The van der Waals surface area contributed by atoms with Crippen LogP contribution in [0.15, 0.2) is 24.3 Å². The van der Waals surface area contributed by atoms with Crippen molar-refractivity contribution in [2.45, 2.75) is 6.42 Å². The smallest absolute Gasteiger partial charge is 0.151 e. The number of aromatic nitrogens is 2. The van der Waals surface area contributed by atoms with Gasteiger partial charge in [0.1, 0.15) is 11.6 Å². The molecule has 2 heterocycles. The predicted octanol–water partition coefficient (Wildman–Crippen LogP) is 2.15. The second kappa shape index (κ2) is 5.58. The lowest BCUT2D eigenvalue weighted by Crippen LogP contribution is -2.28. The van der Waals surface area contributed by atoms with E-state index in [0.29, 0.717) is 5.69 Å². The highest BCUT2D eigenvalue weighted by molar-refractivity contribution is 5.63. The molecule has 0 spiro atoms. The lowest BCUT2D eigenvalue weighted by molar-refractivity contribution is 0.602. The normalized spacial score (nSPS) is 16.2. The highest BCUT2D eigenvalue weighted by atomic mass is 19.1. The van der Waals surface area contributed by atoms with E-state index in [-0.39, 0.29) is 5.56 Å². The van der Waals surface area contributed by atoms with Gasteiger partial charge in [0, 0.05) is 31.3 Å². The summed E-state index contributed by atoms with van der Waals surface area (Å²) in [6, 6.07) is 5.18.